The Hall–Kier alpha value is -3.00. The Kier molecular flexibility index (Phi) is 5.60. The number of rotatable bonds is 4. The summed E-state index contributed by atoms with van der Waals surface area (Å²) in [6.07, 6.45) is 1.43. The number of barbiturate groups is 1. The van der Waals surface area contributed by atoms with Crippen molar-refractivity contribution >= 4 is 39.9 Å². The highest BCUT2D eigenvalue weighted by Crippen LogP contribution is 2.28. The second-order valence-corrected chi connectivity index (χ2v) is 7.03. The molecular formula is C20H16BrFN2O4. The number of benzene rings is 2. The Labute approximate surface area is 169 Å². The van der Waals surface area contributed by atoms with Gasteiger partial charge in [-0.2, -0.15) is 0 Å². The van der Waals surface area contributed by atoms with E-state index in [4.69, 9.17) is 4.74 Å². The van der Waals surface area contributed by atoms with E-state index in [1.807, 2.05) is 0 Å². The number of hydrogen-bond donors (Lipinski definition) is 0. The minimum atomic E-state index is -0.669. The molecule has 28 heavy (non-hydrogen) atoms. The number of carbonyl (C=O) groups is 3. The van der Waals surface area contributed by atoms with Gasteiger partial charge in [-0.1, -0.05) is 18.2 Å². The summed E-state index contributed by atoms with van der Waals surface area (Å²) in [5.41, 5.74) is 1.30. The first-order chi connectivity index (χ1) is 13.3. The lowest BCUT2D eigenvalue weighted by atomic mass is 10.1. The molecule has 6 nitrogen and oxygen atoms in total. The highest BCUT2D eigenvalue weighted by molar-refractivity contribution is 9.10. The second-order valence-electron chi connectivity index (χ2n) is 6.17. The molecule has 8 heteroatoms. The Morgan fingerprint density at radius 2 is 1.61 bits per heavy atom. The van der Waals surface area contributed by atoms with E-state index >= 15 is 0 Å². The third-order valence-electron chi connectivity index (χ3n) is 4.22. The van der Waals surface area contributed by atoms with Crippen LogP contribution in [0.15, 0.2) is 52.5 Å². The average Bonchev–Trinajstić information content (AvgIpc) is 2.69. The number of likely N-dealkylation sites (N-methyl/N-ethyl adjacent to an activating group) is 2. The molecule has 1 heterocycles. The molecule has 1 aliphatic heterocycles. The van der Waals surface area contributed by atoms with Crippen molar-refractivity contribution in [3.05, 3.63) is 69.5 Å². The first kappa shape index (κ1) is 19.8. The van der Waals surface area contributed by atoms with Crippen molar-refractivity contribution in [3.63, 3.8) is 0 Å². The van der Waals surface area contributed by atoms with Gasteiger partial charge < -0.3 is 4.74 Å². The summed E-state index contributed by atoms with van der Waals surface area (Å²) < 4.78 is 19.3. The zero-order valence-electron chi connectivity index (χ0n) is 15.1. The van der Waals surface area contributed by atoms with Crippen molar-refractivity contribution < 1.29 is 23.5 Å². The van der Waals surface area contributed by atoms with Crippen LogP contribution in [0.4, 0.5) is 9.18 Å². The monoisotopic (exact) mass is 446 g/mol. The van der Waals surface area contributed by atoms with Crippen molar-refractivity contribution in [2.24, 2.45) is 0 Å². The topological polar surface area (TPSA) is 66.9 Å². The van der Waals surface area contributed by atoms with E-state index in [1.54, 1.807) is 30.3 Å². The highest BCUT2D eigenvalue weighted by Gasteiger charge is 2.37. The van der Waals surface area contributed by atoms with Crippen LogP contribution in [0.3, 0.4) is 0 Å². The standard InChI is InChI=1S/C20H16BrFN2O4/c1-23-18(25)15(19(26)24(2)20(23)27)9-13-5-8-17(16(21)10-13)28-11-12-3-6-14(22)7-4-12/h3-10H,11H2,1-2H3. The summed E-state index contributed by atoms with van der Waals surface area (Å²) in [5, 5.41) is 0. The van der Waals surface area contributed by atoms with Crippen LogP contribution in [-0.4, -0.2) is 41.7 Å². The third kappa shape index (κ3) is 3.96. The maximum atomic E-state index is 12.9. The first-order valence-corrected chi connectivity index (χ1v) is 9.06. The van der Waals surface area contributed by atoms with Crippen LogP contribution in [0, 0.1) is 5.82 Å². The zero-order chi connectivity index (χ0) is 20.4. The van der Waals surface area contributed by atoms with Crippen LogP contribution in [0.2, 0.25) is 0 Å². The fourth-order valence-corrected chi connectivity index (χ4v) is 3.12. The van der Waals surface area contributed by atoms with Gasteiger partial charge in [0.15, 0.2) is 0 Å². The smallest absolute Gasteiger partial charge is 0.333 e. The zero-order valence-corrected chi connectivity index (χ0v) is 16.7. The predicted molar refractivity (Wildman–Crippen MR) is 104 cm³/mol. The Morgan fingerprint density at radius 3 is 2.18 bits per heavy atom. The number of urea groups is 1. The third-order valence-corrected chi connectivity index (χ3v) is 4.84. The van der Waals surface area contributed by atoms with Crippen LogP contribution in [0.1, 0.15) is 11.1 Å². The van der Waals surface area contributed by atoms with Crippen molar-refractivity contribution in [2.45, 2.75) is 6.61 Å². The van der Waals surface area contributed by atoms with Gasteiger partial charge in [0.05, 0.1) is 4.47 Å². The van der Waals surface area contributed by atoms with E-state index in [0.29, 0.717) is 15.8 Å². The number of ether oxygens (including phenoxy) is 1. The lowest BCUT2D eigenvalue weighted by Crippen LogP contribution is -2.52. The number of halogens is 2. The highest BCUT2D eigenvalue weighted by atomic mass is 79.9. The van der Waals surface area contributed by atoms with Gasteiger partial charge in [-0.15, -0.1) is 0 Å². The quantitative estimate of drug-likeness (QED) is 0.531. The molecule has 4 amide bonds. The molecule has 1 saturated heterocycles. The number of hydrogen-bond acceptors (Lipinski definition) is 4. The number of imide groups is 2. The minimum Gasteiger partial charge on any atom is -0.488 e. The van der Waals surface area contributed by atoms with E-state index in [0.717, 1.165) is 15.4 Å². The van der Waals surface area contributed by atoms with E-state index < -0.39 is 17.8 Å². The molecule has 0 aliphatic carbocycles. The molecule has 0 aromatic heterocycles. The van der Waals surface area contributed by atoms with Gasteiger partial charge in [-0.05, 0) is 57.4 Å². The van der Waals surface area contributed by atoms with Crippen molar-refractivity contribution in [1.82, 2.24) is 9.80 Å². The largest absolute Gasteiger partial charge is 0.488 e. The van der Waals surface area contributed by atoms with Crippen molar-refractivity contribution in [3.8, 4) is 5.75 Å². The number of carbonyl (C=O) groups excluding carboxylic acids is 3. The van der Waals surface area contributed by atoms with Gasteiger partial charge in [-0.3, -0.25) is 19.4 Å². The van der Waals surface area contributed by atoms with Crippen LogP contribution in [-0.2, 0) is 16.2 Å². The SMILES string of the molecule is CN1C(=O)C(=Cc2ccc(OCc3ccc(F)cc3)c(Br)c2)C(=O)N(C)C1=O. The number of amides is 4. The molecule has 0 bridgehead atoms. The molecule has 2 aromatic carbocycles. The second kappa shape index (κ2) is 7.93. The average molecular weight is 447 g/mol. The Balaban J connectivity index is 1.79. The lowest BCUT2D eigenvalue weighted by Gasteiger charge is -2.28. The van der Waals surface area contributed by atoms with E-state index in [1.165, 1.54) is 32.3 Å². The Morgan fingerprint density at radius 1 is 1.00 bits per heavy atom. The van der Waals surface area contributed by atoms with Crippen molar-refractivity contribution in [1.29, 1.82) is 0 Å². The molecule has 2 aromatic rings. The van der Waals surface area contributed by atoms with Crippen LogP contribution < -0.4 is 4.74 Å². The molecule has 0 N–H and O–H groups in total. The first-order valence-electron chi connectivity index (χ1n) is 8.26. The fraction of sp³-hybridized carbons (Fsp3) is 0.150. The summed E-state index contributed by atoms with van der Waals surface area (Å²) in [7, 11) is 2.65. The normalized spacial score (nSPS) is 14.6. The summed E-state index contributed by atoms with van der Waals surface area (Å²) in [4.78, 5) is 38.1. The molecule has 0 saturated carbocycles. The van der Waals surface area contributed by atoms with Gasteiger partial charge in [0.2, 0.25) is 0 Å². The number of nitrogens with zero attached hydrogens (tertiary/aromatic N) is 2. The molecule has 0 atom stereocenters. The van der Waals surface area contributed by atoms with Gasteiger partial charge in [0, 0.05) is 14.1 Å². The van der Waals surface area contributed by atoms with E-state index in [2.05, 4.69) is 15.9 Å². The Bertz CT molecular complexity index is 962. The molecule has 0 spiro atoms. The van der Waals surface area contributed by atoms with Crippen LogP contribution in [0.25, 0.3) is 6.08 Å². The van der Waals surface area contributed by atoms with Crippen LogP contribution in [0.5, 0.6) is 5.75 Å². The summed E-state index contributed by atoms with van der Waals surface area (Å²) in [5.74, 6) is -1.06. The lowest BCUT2D eigenvalue weighted by molar-refractivity contribution is -0.134. The maximum absolute atomic E-state index is 12.9. The van der Waals surface area contributed by atoms with Gasteiger partial charge in [0.1, 0.15) is 23.7 Å². The molecule has 0 unspecified atom stereocenters. The molecule has 0 radical (unpaired) electrons. The summed E-state index contributed by atoms with van der Waals surface area (Å²) in [6, 6.07) is 10.4. The van der Waals surface area contributed by atoms with E-state index in [-0.39, 0.29) is 18.0 Å². The molecule has 3 rings (SSSR count). The predicted octanol–water partition coefficient (Wildman–Crippen LogP) is 3.60. The summed E-state index contributed by atoms with van der Waals surface area (Å²) >= 11 is 3.40. The van der Waals surface area contributed by atoms with Gasteiger partial charge in [-0.25, -0.2) is 9.18 Å². The maximum Gasteiger partial charge on any atom is 0.333 e. The van der Waals surface area contributed by atoms with Gasteiger partial charge in [0.25, 0.3) is 11.8 Å². The van der Waals surface area contributed by atoms with Gasteiger partial charge >= 0.3 is 6.03 Å². The fourth-order valence-electron chi connectivity index (χ4n) is 2.61. The van der Waals surface area contributed by atoms with Crippen molar-refractivity contribution in [2.75, 3.05) is 14.1 Å². The summed E-state index contributed by atoms with van der Waals surface area (Å²) in [6.45, 7) is 0.258. The molecular weight excluding hydrogens is 431 g/mol. The molecule has 1 aliphatic rings. The van der Waals surface area contributed by atoms with Crippen LogP contribution >= 0.6 is 15.9 Å². The van der Waals surface area contributed by atoms with E-state index in [9.17, 15) is 18.8 Å². The molecule has 1 fully saturated rings. The molecule has 144 valence electrons. The minimum absolute atomic E-state index is 0.100.